The predicted octanol–water partition coefficient (Wildman–Crippen LogP) is 2.41. The number of carbonyl (C=O) groups is 1. The maximum absolute atomic E-state index is 11.0. The molecule has 2 N–H and O–H groups in total. The molecule has 2 atom stereocenters. The summed E-state index contributed by atoms with van der Waals surface area (Å²) in [4.78, 5) is 11.0. The van der Waals surface area contributed by atoms with Crippen LogP contribution in [0.2, 0.25) is 0 Å². The van der Waals surface area contributed by atoms with Crippen molar-refractivity contribution < 1.29 is 15.0 Å². The molecule has 1 aliphatic carbocycles. The van der Waals surface area contributed by atoms with E-state index in [1.54, 1.807) is 0 Å². The summed E-state index contributed by atoms with van der Waals surface area (Å²) in [5.74, 6) is -1.09. The molecule has 3 nitrogen and oxygen atoms in total. The first-order valence-electron chi connectivity index (χ1n) is 6.16. The Hall–Kier alpha value is -1.35. The van der Waals surface area contributed by atoms with Crippen molar-refractivity contribution in [2.75, 3.05) is 0 Å². The van der Waals surface area contributed by atoms with Crippen LogP contribution in [0.4, 0.5) is 0 Å². The van der Waals surface area contributed by atoms with Gasteiger partial charge < -0.3 is 10.2 Å². The largest absolute Gasteiger partial charge is 0.479 e. The zero-order chi connectivity index (χ0) is 12.3. The third kappa shape index (κ3) is 2.67. The van der Waals surface area contributed by atoms with Gasteiger partial charge in [0.25, 0.3) is 0 Å². The molecule has 17 heavy (non-hydrogen) atoms. The number of carboxylic acid groups (broad SMARTS) is 1. The second kappa shape index (κ2) is 5.32. The molecule has 1 aromatic rings. The van der Waals surface area contributed by atoms with E-state index >= 15 is 0 Å². The number of aliphatic hydroxyl groups is 1. The first-order valence-corrected chi connectivity index (χ1v) is 6.16. The topological polar surface area (TPSA) is 57.5 Å². The van der Waals surface area contributed by atoms with E-state index in [2.05, 4.69) is 0 Å². The van der Waals surface area contributed by atoms with Crippen LogP contribution in [-0.2, 0) is 4.79 Å². The van der Waals surface area contributed by atoms with E-state index < -0.39 is 12.1 Å². The molecule has 0 heterocycles. The van der Waals surface area contributed by atoms with E-state index in [1.807, 2.05) is 30.3 Å². The molecule has 0 amide bonds. The third-order valence-electron chi connectivity index (χ3n) is 3.69. The molecule has 0 spiro atoms. The van der Waals surface area contributed by atoms with Gasteiger partial charge in [-0.2, -0.15) is 0 Å². The van der Waals surface area contributed by atoms with E-state index in [4.69, 9.17) is 5.11 Å². The molecule has 2 rings (SSSR count). The van der Waals surface area contributed by atoms with Gasteiger partial charge in [0.15, 0.2) is 6.10 Å². The van der Waals surface area contributed by atoms with E-state index in [0.29, 0.717) is 5.92 Å². The van der Waals surface area contributed by atoms with E-state index in [0.717, 1.165) is 31.2 Å². The highest BCUT2D eigenvalue weighted by Gasteiger charge is 2.35. The number of aliphatic carboxylic acids is 1. The summed E-state index contributed by atoms with van der Waals surface area (Å²) in [6.45, 7) is 0. The monoisotopic (exact) mass is 234 g/mol. The highest BCUT2D eigenvalue weighted by Crippen LogP contribution is 2.39. The molecular weight excluding hydrogens is 216 g/mol. The van der Waals surface area contributed by atoms with Gasteiger partial charge in [-0.1, -0.05) is 43.2 Å². The van der Waals surface area contributed by atoms with Gasteiger partial charge in [-0.25, -0.2) is 4.79 Å². The molecule has 92 valence electrons. The lowest BCUT2D eigenvalue weighted by molar-refractivity contribution is -0.148. The normalized spacial score (nSPS) is 20.1. The molecule has 0 aromatic heterocycles. The van der Waals surface area contributed by atoms with Crippen LogP contribution < -0.4 is 0 Å². The Labute approximate surface area is 101 Å². The van der Waals surface area contributed by atoms with Gasteiger partial charge in [-0.15, -0.1) is 0 Å². The van der Waals surface area contributed by atoms with Crippen molar-refractivity contribution in [2.45, 2.75) is 37.7 Å². The Morgan fingerprint density at radius 1 is 1.18 bits per heavy atom. The summed E-state index contributed by atoms with van der Waals surface area (Å²) < 4.78 is 0. The standard InChI is InChI=1S/C14H18O3/c15-13(14(16)17)12(11-8-4-5-9-11)10-6-2-1-3-7-10/h1-3,6-7,11-13,15H,4-5,8-9H2,(H,16,17). The van der Waals surface area contributed by atoms with Crippen molar-refractivity contribution in [1.29, 1.82) is 0 Å². The Kier molecular flexibility index (Phi) is 3.79. The molecule has 3 heteroatoms. The second-order valence-corrected chi connectivity index (χ2v) is 4.76. The molecule has 1 saturated carbocycles. The molecule has 2 unspecified atom stereocenters. The van der Waals surface area contributed by atoms with Crippen molar-refractivity contribution in [3.05, 3.63) is 35.9 Å². The van der Waals surface area contributed by atoms with Gasteiger partial charge in [0.2, 0.25) is 0 Å². The van der Waals surface area contributed by atoms with Crippen LogP contribution in [0.25, 0.3) is 0 Å². The fourth-order valence-electron chi connectivity index (χ4n) is 2.86. The minimum atomic E-state index is -1.29. The molecule has 1 aromatic carbocycles. The number of hydrogen-bond donors (Lipinski definition) is 2. The zero-order valence-corrected chi connectivity index (χ0v) is 9.75. The van der Waals surface area contributed by atoms with E-state index in [9.17, 15) is 9.90 Å². The first kappa shape index (κ1) is 12.1. The van der Waals surface area contributed by atoms with Crippen molar-refractivity contribution in [2.24, 2.45) is 5.92 Å². The lowest BCUT2D eigenvalue weighted by Crippen LogP contribution is -2.31. The summed E-state index contributed by atoms with van der Waals surface area (Å²) in [6, 6.07) is 9.52. The van der Waals surface area contributed by atoms with Crippen LogP contribution in [0.3, 0.4) is 0 Å². The van der Waals surface area contributed by atoms with Crippen LogP contribution in [0, 0.1) is 5.92 Å². The molecule has 0 saturated heterocycles. The summed E-state index contributed by atoms with van der Waals surface area (Å²) in [5.41, 5.74) is 0.939. The predicted molar refractivity (Wildman–Crippen MR) is 64.8 cm³/mol. The number of carboxylic acids is 1. The van der Waals surface area contributed by atoms with Crippen LogP contribution in [0.15, 0.2) is 30.3 Å². The Balaban J connectivity index is 2.26. The van der Waals surface area contributed by atoms with Crippen LogP contribution in [0.5, 0.6) is 0 Å². The molecule has 0 bridgehead atoms. The Bertz CT molecular complexity index is 368. The van der Waals surface area contributed by atoms with Gasteiger partial charge in [0, 0.05) is 5.92 Å². The highest BCUT2D eigenvalue weighted by molar-refractivity contribution is 5.73. The van der Waals surface area contributed by atoms with Crippen molar-refractivity contribution in [1.82, 2.24) is 0 Å². The molecule has 0 radical (unpaired) electrons. The van der Waals surface area contributed by atoms with E-state index in [-0.39, 0.29) is 5.92 Å². The van der Waals surface area contributed by atoms with Crippen LogP contribution >= 0.6 is 0 Å². The summed E-state index contributed by atoms with van der Waals surface area (Å²) >= 11 is 0. The van der Waals surface area contributed by atoms with Crippen molar-refractivity contribution in [3.8, 4) is 0 Å². The number of hydrogen-bond acceptors (Lipinski definition) is 2. The van der Waals surface area contributed by atoms with E-state index in [1.165, 1.54) is 0 Å². The second-order valence-electron chi connectivity index (χ2n) is 4.76. The van der Waals surface area contributed by atoms with Gasteiger partial charge >= 0.3 is 5.97 Å². The van der Waals surface area contributed by atoms with Gasteiger partial charge in [-0.05, 0) is 24.3 Å². The quantitative estimate of drug-likeness (QED) is 0.841. The summed E-state index contributed by atoms with van der Waals surface area (Å²) in [5, 5.41) is 18.9. The average Bonchev–Trinajstić information content (AvgIpc) is 2.84. The van der Waals surface area contributed by atoms with Gasteiger partial charge in [0.05, 0.1) is 0 Å². The number of benzene rings is 1. The van der Waals surface area contributed by atoms with Crippen LogP contribution in [0.1, 0.15) is 37.2 Å². The maximum atomic E-state index is 11.0. The Morgan fingerprint density at radius 3 is 2.29 bits per heavy atom. The SMILES string of the molecule is O=C(O)C(O)C(c1ccccc1)C1CCCC1. The van der Waals surface area contributed by atoms with Gasteiger partial charge in [0.1, 0.15) is 0 Å². The summed E-state index contributed by atoms with van der Waals surface area (Å²) in [6.07, 6.45) is 3.02. The minimum absolute atomic E-state index is 0.267. The maximum Gasteiger partial charge on any atom is 0.333 e. The van der Waals surface area contributed by atoms with Crippen LogP contribution in [-0.4, -0.2) is 22.3 Å². The number of rotatable bonds is 4. The van der Waals surface area contributed by atoms with Gasteiger partial charge in [-0.3, -0.25) is 0 Å². The van der Waals surface area contributed by atoms with Crippen molar-refractivity contribution in [3.63, 3.8) is 0 Å². The molecule has 1 aliphatic rings. The molecule has 0 aliphatic heterocycles. The molecule has 1 fully saturated rings. The third-order valence-corrected chi connectivity index (χ3v) is 3.69. The van der Waals surface area contributed by atoms with Crippen molar-refractivity contribution >= 4 is 5.97 Å². The lowest BCUT2D eigenvalue weighted by atomic mass is 9.81. The number of aliphatic hydroxyl groups excluding tert-OH is 1. The fourth-order valence-corrected chi connectivity index (χ4v) is 2.86. The Morgan fingerprint density at radius 2 is 1.76 bits per heavy atom. The zero-order valence-electron chi connectivity index (χ0n) is 9.75. The highest BCUT2D eigenvalue weighted by atomic mass is 16.4. The first-order chi connectivity index (χ1) is 8.20. The molecular formula is C14H18O3. The minimum Gasteiger partial charge on any atom is -0.479 e. The fraction of sp³-hybridized carbons (Fsp3) is 0.500. The average molecular weight is 234 g/mol. The lowest BCUT2D eigenvalue weighted by Gasteiger charge is -2.26. The smallest absolute Gasteiger partial charge is 0.333 e. The summed E-state index contributed by atoms with van der Waals surface area (Å²) in [7, 11) is 0.